The fourth-order valence-corrected chi connectivity index (χ4v) is 8.45. The van der Waals surface area contributed by atoms with Crippen LogP contribution in [0, 0.1) is 0 Å². The molecule has 2 aliphatic rings. The van der Waals surface area contributed by atoms with E-state index < -0.39 is 0 Å². The first-order valence-electron chi connectivity index (χ1n) is 15.4. The van der Waals surface area contributed by atoms with E-state index in [1.165, 1.54) is 109 Å². The summed E-state index contributed by atoms with van der Waals surface area (Å²) in [5.74, 6) is 0. The second kappa shape index (κ2) is 8.01. The number of rotatable bonds is 1. The third-order valence-corrected chi connectivity index (χ3v) is 10.3. The highest BCUT2D eigenvalue weighted by atomic mass is 14.3. The van der Waals surface area contributed by atoms with E-state index in [4.69, 9.17) is 0 Å². The summed E-state index contributed by atoms with van der Waals surface area (Å²) < 4.78 is 0. The molecule has 0 radical (unpaired) electrons. The topological polar surface area (TPSA) is 0 Å². The van der Waals surface area contributed by atoms with E-state index in [1.807, 2.05) is 0 Å². The second-order valence-corrected chi connectivity index (χ2v) is 12.4. The zero-order chi connectivity index (χ0) is 28.5. The highest BCUT2D eigenvalue weighted by molar-refractivity contribution is 6.30. The molecule has 0 spiro atoms. The lowest BCUT2D eigenvalue weighted by Crippen LogP contribution is -1.89. The van der Waals surface area contributed by atoms with Gasteiger partial charge in [0.1, 0.15) is 0 Å². The van der Waals surface area contributed by atoms with Crippen molar-refractivity contribution in [3.63, 3.8) is 0 Å². The summed E-state index contributed by atoms with van der Waals surface area (Å²) in [5, 5.41) is 13.3. The van der Waals surface area contributed by atoms with Crippen LogP contribution in [-0.4, -0.2) is 0 Å². The van der Waals surface area contributed by atoms with Crippen molar-refractivity contribution in [3.8, 4) is 55.6 Å². The van der Waals surface area contributed by atoms with Crippen molar-refractivity contribution in [2.45, 2.75) is 0 Å². The minimum atomic E-state index is 1.29. The Morgan fingerprint density at radius 3 is 1.45 bits per heavy atom. The van der Waals surface area contributed by atoms with Crippen LogP contribution in [0.3, 0.4) is 0 Å². The average molecular weight is 553 g/mol. The molecule has 0 heteroatoms. The molecule has 0 bridgehead atoms. The number of benzene rings is 9. The Kier molecular flexibility index (Phi) is 4.15. The minimum Gasteiger partial charge on any atom is -0.0616 e. The van der Waals surface area contributed by atoms with Crippen LogP contribution in [0.4, 0.5) is 0 Å². The summed E-state index contributed by atoms with van der Waals surface area (Å²) >= 11 is 0. The fourth-order valence-electron chi connectivity index (χ4n) is 8.45. The minimum absolute atomic E-state index is 1.29. The standard InChI is InChI=1S/C44H24/c1-2-10-26-22-38-37(21-25(26)9-1)34-17-8-18-35-41-23-39(29-13-5-6-14-30(29)40(41)24-42(38)44(34)35)31-19-20-36-28-12-4-3-11-27(28)32-15-7-16-33(31)43(32)36/h1-24H. The van der Waals surface area contributed by atoms with E-state index in [-0.39, 0.29) is 0 Å². The van der Waals surface area contributed by atoms with Crippen LogP contribution in [0.2, 0.25) is 0 Å². The largest absolute Gasteiger partial charge is 0.0616 e. The first-order valence-corrected chi connectivity index (χ1v) is 15.4. The first kappa shape index (κ1) is 22.8. The lowest BCUT2D eigenvalue weighted by Gasteiger charge is -2.16. The van der Waals surface area contributed by atoms with E-state index in [0.717, 1.165) is 0 Å². The summed E-state index contributed by atoms with van der Waals surface area (Å²) in [7, 11) is 0. The summed E-state index contributed by atoms with van der Waals surface area (Å²) in [5.41, 5.74) is 13.3. The van der Waals surface area contributed by atoms with Crippen LogP contribution < -0.4 is 0 Å². The molecule has 200 valence electrons. The molecule has 0 saturated carbocycles. The van der Waals surface area contributed by atoms with E-state index in [0.29, 0.717) is 0 Å². The molecule has 9 aromatic carbocycles. The third-order valence-electron chi connectivity index (χ3n) is 10.3. The van der Waals surface area contributed by atoms with Crippen LogP contribution >= 0.6 is 0 Å². The Morgan fingerprint density at radius 1 is 0.205 bits per heavy atom. The van der Waals surface area contributed by atoms with E-state index in [2.05, 4.69) is 146 Å². The van der Waals surface area contributed by atoms with Gasteiger partial charge in [0.15, 0.2) is 0 Å². The van der Waals surface area contributed by atoms with E-state index >= 15 is 0 Å². The van der Waals surface area contributed by atoms with Gasteiger partial charge in [0.05, 0.1) is 0 Å². The van der Waals surface area contributed by atoms with Crippen LogP contribution in [0.1, 0.15) is 0 Å². The van der Waals surface area contributed by atoms with Gasteiger partial charge in [0.25, 0.3) is 0 Å². The summed E-state index contributed by atoms with van der Waals surface area (Å²) in [6, 6.07) is 54.7. The molecule has 0 nitrogen and oxygen atoms in total. The van der Waals surface area contributed by atoms with Crippen molar-refractivity contribution in [1.29, 1.82) is 0 Å². The van der Waals surface area contributed by atoms with E-state index in [1.54, 1.807) is 0 Å². The molecule has 0 saturated heterocycles. The highest BCUT2D eigenvalue weighted by Gasteiger charge is 2.26. The molecule has 0 aromatic heterocycles. The van der Waals surface area contributed by atoms with Gasteiger partial charge in [-0.25, -0.2) is 0 Å². The number of fused-ring (bicyclic) bond motifs is 11. The lowest BCUT2D eigenvalue weighted by atomic mass is 9.87. The molecule has 0 atom stereocenters. The molecule has 0 N–H and O–H groups in total. The Labute approximate surface area is 254 Å². The normalized spacial score (nSPS) is 12.5. The summed E-state index contributed by atoms with van der Waals surface area (Å²) in [6.45, 7) is 0. The highest BCUT2D eigenvalue weighted by Crippen LogP contribution is 2.53. The van der Waals surface area contributed by atoms with Gasteiger partial charge in [-0.1, -0.05) is 121 Å². The molecule has 0 unspecified atom stereocenters. The first-order chi connectivity index (χ1) is 21.8. The average Bonchev–Trinajstić information content (AvgIpc) is 3.58. The third kappa shape index (κ3) is 2.74. The van der Waals surface area contributed by atoms with Crippen molar-refractivity contribution in [2.75, 3.05) is 0 Å². The molecule has 44 heavy (non-hydrogen) atoms. The summed E-state index contributed by atoms with van der Waals surface area (Å²) in [6.07, 6.45) is 0. The summed E-state index contributed by atoms with van der Waals surface area (Å²) in [4.78, 5) is 0. The maximum atomic E-state index is 2.48. The zero-order valence-corrected chi connectivity index (χ0v) is 23.9. The molecule has 0 fully saturated rings. The SMILES string of the molecule is c1ccc2c(c1)-c1cccc3c(-c4cc5c6cccc7c6c(cc5c5ccccc45)-c4cc5ccccc5cc4-7)ccc-2c13. The van der Waals surface area contributed by atoms with Gasteiger partial charge in [0.2, 0.25) is 0 Å². The zero-order valence-electron chi connectivity index (χ0n) is 23.9. The molecule has 2 aliphatic carbocycles. The van der Waals surface area contributed by atoms with Gasteiger partial charge < -0.3 is 0 Å². The maximum Gasteiger partial charge on any atom is -0.00199 e. The Bertz CT molecular complexity index is 2730. The second-order valence-electron chi connectivity index (χ2n) is 12.4. The van der Waals surface area contributed by atoms with Crippen LogP contribution in [0.15, 0.2) is 146 Å². The van der Waals surface area contributed by atoms with Crippen LogP contribution in [0.25, 0.3) is 109 Å². The predicted molar refractivity (Wildman–Crippen MR) is 188 cm³/mol. The van der Waals surface area contributed by atoms with Gasteiger partial charge >= 0.3 is 0 Å². The monoisotopic (exact) mass is 552 g/mol. The maximum absolute atomic E-state index is 2.48. The Morgan fingerprint density at radius 2 is 0.682 bits per heavy atom. The Hall–Kier alpha value is -5.72. The molecule has 0 aliphatic heterocycles. The predicted octanol–water partition coefficient (Wildman–Crippen LogP) is 12.4. The van der Waals surface area contributed by atoms with Crippen LogP contribution in [-0.2, 0) is 0 Å². The number of hydrogen-bond acceptors (Lipinski definition) is 0. The van der Waals surface area contributed by atoms with Gasteiger partial charge in [-0.2, -0.15) is 0 Å². The molecule has 9 aromatic rings. The quantitative estimate of drug-likeness (QED) is 0.178. The van der Waals surface area contributed by atoms with Crippen molar-refractivity contribution in [2.24, 2.45) is 0 Å². The molecular formula is C44H24. The molecular weight excluding hydrogens is 528 g/mol. The van der Waals surface area contributed by atoms with Gasteiger partial charge in [-0.3, -0.25) is 0 Å². The van der Waals surface area contributed by atoms with Gasteiger partial charge in [-0.05, 0) is 134 Å². The van der Waals surface area contributed by atoms with Gasteiger partial charge in [-0.15, -0.1) is 0 Å². The van der Waals surface area contributed by atoms with E-state index in [9.17, 15) is 0 Å². The lowest BCUT2D eigenvalue weighted by molar-refractivity contribution is 1.69. The van der Waals surface area contributed by atoms with Crippen molar-refractivity contribution in [3.05, 3.63) is 146 Å². The van der Waals surface area contributed by atoms with Crippen LogP contribution in [0.5, 0.6) is 0 Å². The molecule has 0 amide bonds. The van der Waals surface area contributed by atoms with Crippen molar-refractivity contribution < 1.29 is 0 Å². The van der Waals surface area contributed by atoms with Gasteiger partial charge in [0, 0.05) is 0 Å². The smallest absolute Gasteiger partial charge is 0.00199 e. The van der Waals surface area contributed by atoms with Crippen molar-refractivity contribution in [1.82, 2.24) is 0 Å². The Balaban J connectivity index is 1.26. The van der Waals surface area contributed by atoms with Crippen molar-refractivity contribution >= 4 is 53.9 Å². The molecule has 0 heterocycles. The number of hydrogen-bond donors (Lipinski definition) is 0. The molecule has 11 rings (SSSR count). The fraction of sp³-hybridized carbons (Fsp3) is 0.